The van der Waals surface area contributed by atoms with Gasteiger partial charge in [-0.15, -0.1) is 0 Å². The molecule has 4 nitrogen and oxygen atoms in total. The molecule has 0 fully saturated rings. The summed E-state index contributed by atoms with van der Waals surface area (Å²) in [5.41, 5.74) is -1.19. The Balaban J connectivity index is 2.39. The van der Waals surface area contributed by atoms with E-state index in [4.69, 9.17) is 11.6 Å². The topological polar surface area (TPSA) is 46.9 Å². The number of aromatic nitrogens is 2. The van der Waals surface area contributed by atoms with Crippen molar-refractivity contribution in [2.45, 2.75) is 12.2 Å². The first-order valence-corrected chi connectivity index (χ1v) is 4.06. The van der Waals surface area contributed by atoms with Crippen LogP contribution in [0.4, 0.5) is 4.39 Å². The molecule has 1 atom stereocenters. The van der Waals surface area contributed by atoms with Crippen molar-refractivity contribution in [3.63, 3.8) is 0 Å². The van der Waals surface area contributed by atoms with E-state index in [1.807, 2.05) is 0 Å². The molecule has 6 heteroatoms. The van der Waals surface area contributed by atoms with Gasteiger partial charge in [-0.1, -0.05) is 11.6 Å². The van der Waals surface area contributed by atoms with Gasteiger partial charge in [0.25, 0.3) is 11.5 Å². The molecule has 72 valence electrons. The molecular formula is C7H9ClFN3O. The van der Waals surface area contributed by atoms with E-state index in [0.717, 1.165) is 5.56 Å². The number of rotatable bonds is 3. The average Bonchev–Trinajstić information content (AvgIpc) is 2.47. The zero-order chi connectivity index (χ0) is 9.84. The first kappa shape index (κ1) is 9.98. The van der Waals surface area contributed by atoms with E-state index in [2.05, 4.69) is 10.4 Å². The van der Waals surface area contributed by atoms with E-state index in [1.54, 1.807) is 24.1 Å². The van der Waals surface area contributed by atoms with Crippen molar-refractivity contribution in [1.29, 1.82) is 0 Å². The predicted octanol–water partition coefficient (Wildman–Crippen LogP) is 0.571. The smallest absolute Gasteiger partial charge is 0.270 e. The molecule has 0 bridgehead atoms. The molecule has 0 spiro atoms. The van der Waals surface area contributed by atoms with Crippen molar-refractivity contribution in [1.82, 2.24) is 15.1 Å². The number of halogens is 2. The van der Waals surface area contributed by atoms with Crippen LogP contribution in [0.1, 0.15) is 5.56 Å². The van der Waals surface area contributed by atoms with Crippen LogP contribution < -0.4 is 5.32 Å². The Hall–Kier alpha value is -1.10. The number of nitrogens with zero attached hydrogens (tertiary/aromatic N) is 2. The highest BCUT2D eigenvalue weighted by molar-refractivity contribution is 6.29. The summed E-state index contributed by atoms with van der Waals surface area (Å²) in [6.07, 6.45) is 3.31. The van der Waals surface area contributed by atoms with Gasteiger partial charge in [-0.3, -0.25) is 9.48 Å². The van der Waals surface area contributed by atoms with Gasteiger partial charge >= 0.3 is 0 Å². The Bertz CT molecular complexity index is 300. The quantitative estimate of drug-likeness (QED) is 0.734. The summed E-state index contributed by atoms with van der Waals surface area (Å²) in [6, 6.07) is 0. The molecule has 1 unspecified atom stereocenters. The number of carbonyl (C=O) groups excluding carboxylic acids is 1. The van der Waals surface area contributed by atoms with E-state index in [9.17, 15) is 9.18 Å². The number of carbonyl (C=O) groups is 1. The maximum Gasteiger partial charge on any atom is 0.270 e. The Morgan fingerprint density at radius 2 is 2.62 bits per heavy atom. The zero-order valence-electron chi connectivity index (χ0n) is 7.00. The summed E-state index contributed by atoms with van der Waals surface area (Å²) in [5, 5.41) is 6.19. The van der Waals surface area contributed by atoms with Crippen LogP contribution in [-0.2, 0) is 18.4 Å². The second-order valence-corrected chi connectivity index (χ2v) is 2.92. The number of aryl methyl sites for hydroxylation is 1. The number of alkyl halides is 2. The molecule has 0 saturated heterocycles. The van der Waals surface area contributed by atoms with Crippen LogP contribution >= 0.6 is 11.6 Å². The first-order valence-electron chi connectivity index (χ1n) is 3.63. The normalized spacial score (nSPS) is 12.5. The SMILES string of the molecule is Cn1cc(CNC(=O)C(F)Cl)cn1. The molecule has 1 aromatic heterocycles. The predicted molar refractivity (Wildman–Crippen MR) is 45.8 cm³/mol. The lowest BCUT2D eigenvalue weighted by Crippen LogP contribution is -2.28. The third-order valence-corrected chi connectivity index (χ3v) is 1.62. The van der Waals surface area contributed by atoms with Crippen molar-refractivity contribution in [2.75, 3.05) is 0 Å². The Labute approximate surface area is 79.7 Å². The van der Waals surface area contributed by atoms with E-state index in [0.29, 0.717) is 0 Å². The highest BCUT2D eigenvalue weighted by Gasteiger charge is 2.12. The van der Waals surface area contributed by atoms with Gasteiger partial charge in [0.05, 0.1) is 6.20 Å². The molecule has 0 aliphatic carbocycles. The molecule has 0 saturated carbocycles. The minimum absolute atomic E-state index is 0.236. The molecule has 13 heavy (non-hydrogen) atoms. The maximum atomic E-state index is 12.1. The number of nitrogens with one attached hydrogen (secondary N) is 1. The molecule has 1 amide bonds. The molecule has 0 aliphatic heterocycles. The van der Waals surface area contributed by atoms with Gasteiger partial charge < -0.3 is 5.32 Å². The number of hydrogen-bond acceptors (Lipinski definition) is 2. The molecular weight excluding hydrogens is 197 g/mol. The lowest BCUT2D eigenvalue weighted by Gasteiger charge is -2.01. The van der Waals surface area contributed by atoms with E-state index in [1.165, 1.54) is 0 Å². The third-order valence-electron chi connectivity index (χ3n) is 1.42. The summed E-state index contributed by atoms with van der Waals surface area (Å²) in [6.45, 7) is 0.236. The lowest BCUT2D eigenvalue weighted by atomic mass is 10.3. The lowest BCUT2D eigenvalue weighted by molar-refractivity contribution is -0.123. The number of amides is 1. The number of hydrogen-bond donors (Lipinski definition) is 1. The van der Waals surface area contributed by atoms with Gasteiger partial charge in [0, 0.05) is 25.4 Å². The first-order chi connectivity index (χ1) is 6.09. The fourth-order valence-corrected chi connectivity index (χ4v) is 0.907. The van der Waals surface area contributed by atoms with E-state index >= 15 is 0 Å². The highest BCUT2D eigenvalue weighted by atomic mass is 35.5. The summed E-state index contributed by atoms with van der Waals surface area (Å²) < 4.78 is 13.7. The summed E-state index contributed by atoms with van der Waals surface area (Å²) in [4.78, 5) is 10.7. The second-order valence-electron chi connectivity index (χ2n) is 2.54. The van der Waals surface area contributed by atoms with Gasteiger partial charge in [-0.2, -0.15) is 5.10 Å². The van der Waals surface area contributed by atoms with Gasteiger partial charge in [0.2, 0.25) is 0 Å². The molecule has 1 aromatic rings. The standard InChI is InChI=1S/C7H9ClFN3O/c1-12-4-5(3-11-12)2-10-7(13)6(8)9/h3-4,6H,2H2,1H3,(H,10,13). The summed E-state index contributed by atoms with van der Waals surface area (Å²) >= 11 is 4.90. The fourth-order valence-electron chi connectivity index (χ4n) is 0.829. The minimum atomic E-state index is -1.99. The van der Waals surface area contributed by atoms with Gasteiger partial charge in [-0.25, -0.2) is 4.39 Å². The van der Waals surface area contributed by atoms with Crippen molar-refractivity contribution in [3.8, 4) is 0 Å². The molecule has 0 aliphatic rings. The van der Waals surface area contributed by atoms with Crippen LogP contribution in [0.2, 0.25) is 0 Å². The molecule has 1 N–H and O–H groups in total. The fraction of sp³-hybridized carbons (Fsp3) is 0.429. The van der Waals surface area contributed by atoms with Gasteiger partial charge in [-0.05, 0) is 0 Å². The van der Waals surface area contributed by atoms with Crippen molar-refractivity contribution in [3.05, 3.63) is 18.0 Å². The summed E-state index contributed by atoms with van der Waals surface area (Å²) in [5.74, 6) is -0.828. The zero-order valence-corrected chi connectivity index (χ0v) is 7.75. The van der Waals surface area contributed by atoms with Crippen molar-refractivity contribution >= 4 is 17.5 Å². The Morgan fingerprint density at radius 1 is 1.92 bits per heavy atom. The Morgan fingerprint density at radius 3 is 3.08 bits per heavy atom. The van der Waals surface area contributed by atoms with Crippen LogP contribution in [0, 0.1) is 0 Å². The van der Waals surface area contributed by atoms with Crippen LogP contribution in [0.3, 0.4) is 0 Å². The average molecular weight is 206 g/mol. The van der Waals surface area contributed by atoms with E-state index < -0.39 is 11.5 Å². The summed E-state index contributed by atoms with van der Waals surface area (Å²) in [7, 11) is 1.75. The maximum absolute atomic E-state index is 12.1. The molecule has 0 aromatic carbocycles. The molecule has 0 radical (unpaired) electrons. The monoisotopic (exact) mass is 205 g/mol. The van der Waals surface area contributed by atoms with Crippen molar-refractivity contribution < 1.29 is 9.18 Å². The van der Waals surface area contributed by atoms with Crippen LogP contribution in [0.25, 0.3) is 0 Å². The highest BCUT2D eigenvalue weighted by Crippen LogP contribution is 1.99. The second kappa shape index (κ2) is 4.23. The molecule has 1 heterocycles. The third kappa shape index (κ3) is 3.02. The molecule has 1 rings (SSSR count). The van der Waals surface area contributed by atoms with Gasteiger partial charge in [0.1, 0.15) is 0 Å². The van der Waals surface area contributed by atoms with Crippen LogP contribution in [-0.4, -0.2) is 21.3 Å². The van der Waals surface area contributed by atoms with Crippen LogP contribution in [0.15, 0.2) is 12.4 Å². The van der Waals surface area contributed by atoms with E-state index in [-0.39, 0.29) is 6.54 Å². The minimum Gasteiger partial charge on any atom is -0.348 e. The van der Waals surface area contributed by atoms with Gasteiger partial charge in [0.15, 0.2) is 0 Å². The van der Waals surface area contributed by atoms with Crippen LogP contribution in [0.5, 0.6) is 0 Å². The van der Waals surface area contributed by atoms with Crippen molar-refractivity contribution in [2.24, 2.45) is 7.05 Å². The largest absolute Gasteiger partial charge is 0.348 e. The Kier molecular flexibility index (Phi) is 3.25.